The molecule has 1 unspecified atom stereocenters. The molecule has 0 saturated heterocycles. The lowest BCUT2D eigenvalue weighted by Crippen LogP contribution is -2.49. The summed E-state index contributed by atoms with van der Waals surface area (Å²) < 4.78 is 0. The molecule has 0 amide bonds. The van der Waals surface area contributed by atoms with Gasteiger partial charge in [0, 0.05) is 16.7 Å². The Kier molecular flexibility index (Phi) is 1.67. The van der Waals surface area contributed by atoms with Crippen LogP contribution in [0.25, 0.3) is 0 Å². The van der Waals surface area contributed by atoms with Crippen LogP contribution in [0, 0.1) is 10.1 Å². The fourth-order valence-corrected chi connectivity index (χ4v) is 2.07. The zero-order valence-electron chi connectivity index (χ0n) is 6.56. The average molecular weight is 197 g/mol. The van der Waals surface area contributed by atoms with Crippen molar-refractivity contribution in [3.63, 3.8) is 0 Å². The number of hydrogen-bond donors (Lipinski definition) is 2. The molecular weight excluding hydrogens is 190 g/mol. The normalized spacial score (nSPS) is 25.0. The van der Waals surface area contributed by atoms with Gasteiger partial charge in [0.05, 0.1) is 10.6 Å². The second-order valence-corrected chi connectivity index (χ2v) is 3.94. The lowest BCUT2D eigenvalue weighted by molar-refractivity contribution is -0.528. The van der Waals surface area contributed by atoms with Crippen molar-refractivity contribution in [1.82, 2.24) is 0 Å². The van der Waals surface area contributed by atoms with Crippen LogP contribution in [0.5, 0.6) is 0 Å². The number of nitrogens with two attached hydrogens (primary N) is 1. The highest BCUT2D eigenvalue weighted by molar-refractivity contribution is 8.01. The molecule has 1 aromatic rings. The van der Waals surface area contributed by atoms with Crippen molar-refractivity contribution < 1.29 is 4.92 Å². The van der Waals surface area contributed by atoms with Crippen LogP contribution in [0.15, 0.2) is 29.2 Å². The Balaban J connectivity index is 2.37. The third-order valence-electron chi connectivity index (χ3n) is 1.74. The third kappa shape index (κ3) is 1.24. The van der Waals surface area contributed by atoms with Gasteiger partial charge in [0.1, 0.15) is 0 Å². The summed E-state index contributed by atoms with van der Waals surface area (Å²) in [6.45, 7) is 0. The van der Waals surface area contributed by atoms with Crippen molar-refractivity contribution in [2.75, 3.05) is 5.32 Å². The summed E-state index contributed by atoms with van der Waals surface area (Å²) in [5.74, 6) is 0. The van der Waals surface area contributed by atoms with E-state index in [1.54, 1.807) is 18.2 Å². The highest BCUT2D eigenvalue weighted by Gasteiger charge is 2.45. The van der Waals surface area contributed by atoms with Crippen LogP contribution in [0.3, 0.4) is 0 Å². The molecular formula is C7H7N3O2S. The first-order chi connectivity index (χ1) is 6.12. The van der Waals surface area contributed by atoms with Crippen molar-refractivity contribution in [3.8, 4) is 0 Å². The van der Waals surface area contributed by atoms with Gasteiger partial charge in [-0.15, -0.1) is 0 Å². The van der Waals surface area contributed by atoms with Crippen LogP contribution in [-0.2, 0) is 0 Å². The first-order valence-electron chi connectivity index (χ1n) is 3.61. The minimum Gasteiger partial charge on any atom is -0.297 e. The highest BCUT2D eigenvalue weighted by Crippen LogP contribution is 2.42. The number of rotatable bonds is 1. The minimum absolute atomic E-state index is 0.530. The zero-order valence-corrected chi connectivity index (χ0v) is 7.38. The smallest absolute Gasteiger partial charge is 0.297 e. The van der Waals surface area contributed by atoms with Crippen LogP contribution in [0.2, 0.25) is 0 Å². The number of nitrogens with zero attached hydrogens (tertiary/aromatic N) is 1. The van der Waals surface area contributed by atoms with E-state index in [9.17, 15) is 10.1 Å². The van der Waals surface area contributed by atoms with Gasteiger partial charge in [0.15, 0.2) is 0 Å². The van der Waals surface area contributed by atoms with Crippen LogP contribution < -0.4 is 11.1 Å². The number of nitro groups is 1. The van der Waals surface area contributed by atoms with Gasteiger partial charge in [0.2, 0.25) is 0 Å². The summed E-state index contributed by atoms with van der Waals surface area (Å²) in [5.41, 5.74) is 6.22. The van der Waals surface area contributed by atoms with E-state index in [1.165, 1.54) is 0 Å². The minimum atomic E-state index is -1.61. The van der Waals surface area contributed by atoms with Crippen LogP contribution in [-0.4, -0.2) is 10.0 Å². The Labute approximate surface area is 78.5 Å². The summed E-state index contributed by atoms with van der Waals surface area (Å²) >= 11 is 1.01. The van der Waals surface area contributed by atoms with Gasteiger partial charge in [-0.3, -0.25) is 15.4 Å². The topological polar surface area (TPSA) is 81.2 Å². The summed E-state index contributed by atoms with van der Waals surface area (Å²) in [6, 6.07) is 7.18. The highest BCUT2D eigenvalue weighted by atomic mass is 32.2. The molecule has 0 aromatic heterocycles. The van der Waals surface area contributed by atoms with E-state index in [0.29, 0.717) is 5.69 Å². The first-order valence-corrected chi connectivity index (χ1v) is 4.43. The van der Waals surface area contributed by atoms with E-state index >= 15 is 0 Å². The summed E-state index contributed by atoms with van der Waals surface area (Å²) in [7, 11) is 0. The van der Waals surface area contributed by atoms with E-state index in [2.05, 4.69) is 5.32 Å². The standard InChI is InChI=1S/C7H7N3O2S/c8-7(10(11)12)9-5-3-1-2-4-6(5)13-7/h1-4,9H,8H2. The molecule has 3 N–H and O–H groups in total. The molecule has 0 bridgehead atoms. The van der Waals surface area contributed by atoms with Gasteiger partial charge >= 0.3 is 5.12 Å². The molecule has 0 saturated carbocycles. The molecule has 0 fully saturated rings. The number of anilines is 1. The molecule has 1 aliphatic heterocycles. The molecule has 6 heteroatoms. The second-order valence-electron chi connectivity index (χ2n) is 2.68. The van der Waals surface area contributed by atoms with Gasteiger partial charge < -0.3 is 0 Å². The van der Waals surface area contributed by atoms with Crippen molar-refractivity contribution in [1.29, 1.82) is 0 Å². The van der Waals surface area contributed by atoms with Crippen molar-refractivity contribution in [3.05, 3.63) is 34.4 Å². The molecule has 0 spiro atoms. The van der Waals surface area contributed by atoms with E-state index < -0.39 is 10.0 Å². The fourth-order valence-electron chi connectivity index (χ4n) is 1.13. The maximum Gasteiger partial charge on any atom is 0.405 e. The van der Waals surface area contributed by atoms with Gasteiger partial charge in [-0.25, -0.2) is 5.73 Å². The van der Waals surface area contributed by atoms with Crippen molar-refractivity contribution in [2.45, 2.75) is 10.0 Å². The fraction of sp³-hybridized carbons (Fsp3) is 0.143. The number of para-hydroxylation sites is 1. The largest absolute Gasteiger partial charge is 0.405 e. The Morgan fingerprint density at radius 1 is 1.54 bits per heavy atom. The van der Waals surface area contributed by atoms with E-state index in [0.717, 1.165) is 16.7 Å². The zero-order chi connectivity index (χ0) is 9.47. The summed E-state index contributed by atoms with van der Waals surface area (Å²) in [4.78, 5) is 10.9. The Morgan fingerprint density at radius 2 is 2.23 bits per heavy atom. The van der Waals surface area contributed by atoms with E-state index in [4.69, 9.17) is 5.73 Å². The Hall–Kier alpha value is -1.27. The van der Waals surface area contributed by atoms with Gasteiger partial charge in [0.25, 0.3) is 0 Å². The van der Waals surface area contributed by atoms with Gasteiger partial charge in [-0.05, 0) is 12.1 Å². The molecule has 1 atom stereocenters. The molecule has 1 heterocycles. The molecule has 0 aliphatic carbocycles. The van der Waals surface area contributed by atoms with Gasteiger partial charge in [-0.1, -0.05) is 12.1 Å². The maximum absolute atomic E-state index is 10.6. The molecule has 1 aliphatic rings. The number of thioether (sulfide) groups is 1. The number of fused-ring (bicyclic) bond motifs is 1. The SMILES string of the molecule is NC1([N+](=O)[O-])Nc2ccccc2S1. The van der Waals surface area contributed by atoms with Crippen molar-refractivity contribution >= 4 is 17.4 Å². The lowest BCUT2D eigenvalue weighted by Gasteiger charge is -2.12. The second kappa shape index (κ2) is 2.61. The molecule has 1 aromatic carbocycles. The molecule has 68 valence electrons. The quantitative estimate of drug-likeness (QED) is 0.399. The van der Waals surface area contributed by atoms with Gasteiger partial charge in [-0.2, -0.15) is 0 Å². The van der Waals surface area contributed by atoms with Crippen LogP contribution in [0.1, 0.15) is 0 Å². The lowest BCUT2D eigenvalue weighted by atomic mass is 10.3. The molecule has 2 rings (SSSR count). The first kappa shape index (κ1) is 8.33. The number of hydrogen-bond acceptors (Lipinski definition) is 5. The van der Waals surface area contributed by atoms with Crippen LogP contribution >= 0.6 is 11.8 Å². The predicted molar refractivity (Wildman–Crippen MR) is 49.8 cm³/mol. The molecule has 5 nitrogen and oxygen atoms in total. The van der Waals surface area contributed by atoms with Crippen molar-refractivity contribution in [2.24, 2.45) is 5.73 Å². The maximum atomic E-state index is 10.6. The molecule has 13 heavy (non-hydrogen) atoms. The average Bonchev–Trinajstić information content (AvgIpc) is 2.42. The predicted octanol–water partition coefficient (Wildman–Crippen LogP) is 1.05. The van der Waals surface area contributed by atoms with Crippen LogP contribution in [0.4, 0.5) is 5.69 Å². The Bertz CT molecular complexity index is 344. The Morgan fingerprint density at radius 3 is 2.85 bits per heavy atom. The number of benzene rings is 1. The number of nitrogens with one attached hydrogen (secondary N) is 1. The van der Waals surface area contributed by atoms with E-state index in [-0.39, 0.29) is 0 Å². The summed E-state index contributed by atoms with van der Waals surface area (Å²) in [5, 5.41) is 11.6. The summed E-state index contributed by atoms with van der Waals surface area (Å²) in [6.07, 6.45) is 0. The monoisotopic (exact) mass is 197 g/mol. The third-order valence-corrected chi connectivity index (χ3v) is 2.88. The van der Waals surface area contributed by atoms with E-state index in [1.807, 2.05) is 6.07 Å². The molecule has 0 radical (unpaired) electrons.